The maximum Gasteiger partial charge on any atom is 0.414 e. The van der Waals surface area contributed by atoms with Gasteiger partial charge in [-0.25, -0.2) is 4.79 Å². The summed E-state index contributed by atoms with van der Waals surface area (Å²) in [5.41, 5.74) is 5.89. The lowest BCUT2D eigenvalue weighted by atomic mass is 9.86. The molecule has 1 aromatic heterocycles. The van der Waals surface area contributed by atoms with Crippen LogP contribution < -0.4 is 11.1 Å². The molecule has 0 aromatic carbocycles. The van der Waals surface area contributed by atoms with Crippen LogP contribution >= 0.6 is 11.3 Å². The molecule has 17 heavy (non-hydrogen) atoms. The predicted molar refractivity (Wildman–Crippen MR) is 64.9 cm³/mol. The SMILES string of the molecule is Nc1sccc1C(=O)NC(=O)OCC1CCC1. The zero-order valence-corrected chi connectivity index (χ0v) is 10.1. The van der Waals surface area contributed by atoms with Crippen molar-refractivity contribution in [3.05, 3.63) is 17.0 Å². The third kappa shape index (κ3) is 2.97. The summed E-state index contributed by atoms with van der Waals surface area (Å²) in [5.74, 6) is -0.0515. The van der Waals surface area contributed by atoms with Gasteiger partial charge in [-0.3, -0.25) is 10.1 Å². The Morgan fingerprint density at radius 2 is 2.29 bits per heavy atom. The molecule has 1 aliphatic carbocycles. The van der Waals surface area contributed by atoms with Gasteiger partial charge in [0, 0.05) is 0 Å². The van der Waals surface area contributed by atoms with Crippen molar-refractivity contribution < 1.29 is 14.3 Å². The van der Waals surface area contributed by atoms with Gasteiger partial charge < -0.3 is 10.5 Å². The van der Waals surface area contributed by atoms with E-state index in [0.717, 1.165) is 12.8 Å². The Morgan fingerprint density at radius 1 is 1.53 bits per heavy atom. The molecule has 0 saturated heterocycles. The van der Waals surface area contributed by atoms with Gasteiger partial charge in [0.25, 0.3) is 5.91 Å². The van der Waals surface area contributed by atoms with Crippen LogP contribution in [0.15, 0.2) is 11.4 Å². The molecule has 0 atom stereocenters. The molecular formula is C11H14N2O3S. The number of carbonyl (C=O) groups excluding carboxylic acids is 2. The first-order valence-corrected chi connectivity index (χ1v) is 6.36. The Bertz CT molecular complexity index is 426. The number of amides is 2. The molecule has 1 aliphatic rings. The summed E-state index contributed by atoms with van der Waals surface area (Å²) in [6.07, 6.45) is 2.68. The molecule has 2 rings (SSSR count). The fraction of sp³-hybridized carbons (Fsp3) is 0.455. The number of alkyl carbamates (subject to hydrolysis) is 1. The average Bonchev–Trinajstić information content (AvgIpc) is 2.62. The van der Waals surface area contributed by atoms with Crippen LogP contribution in [0.4, 0.5) is 9.80 Å². The number of anilines is 1. The average molecular weight is 254 g/mol. The van der Waals surface area contributed by atoms with Gasteiger partial charge >= 0.3 is 6.09 Å². The van der Waals surface area contributed by atoms with Crippen LogP contribution in [0, 0.1) is 5.92 Å². The molecule has 3 N–H and O–H groups in total. The number of nitrogen functional groups attached to an aromatic ring is 1. The first kappa shape index (κ1) is 11.9. The third-order valence-corrected chi connectivity index (χ3v) is 3.58. The third-order valence-electron chi connectivity index (χ3n) is 2.83. The number of carbonyl (C=O) groups is 2. The molecule has 1 fully saturated rings. The van der Waals surface area contributed by atoms with E-state index in [-0.39, 0.29) is 0 Å². The summed E-state index contributed by atoms with van der Waals surface area (Å²) in [5, 5.41) is 4.25. The normalized spacial score (nSPS) is 15.1. The van der Waals surface area contributed by atoms with Crippen molar-refractivity contribution in [3.63, 3.8) is 0 Å². The van der Waals surface area contributed by atoms with Gasteiger partial charge in [0.1, 0.15) is 0 Å². The second-order valence-electron chi connectivity index (χ2n) is 4.05. The van der Waals surface area contributed by atoms with E-state index in [1.807, 2.05) is 0 Å². The van der Waals surface area contributed by atoms with Crippen LogP contribution in [0.3, 0.4) is 0 Å². The number of ether oxygens (including phenoxy) is 1. The van der Waals surface area contributed by atoms with Crippen molar-refractivity contribution in [3.8, 4) is 0 Å². The van der Waals surface area contributed by atoms with Gasteiger partial charge in [-0.05, 0) is 30.2 Å². The highest BCUT2D eigenvalue weighted by atomic mass is 32.1. The fourth-order valence-corrected chi connectivity index (χ4v) is 2.20. The first-order chi connectivity index (χ1) is 8.16. The summed E-state index contributed by atoms with van der Waals surface area (Å²) >= 11 is 1.26. The Labute approximate surface area is 103 Å². The molecule has 1 heterocycles. The van der Waals surface area contributed by atoms with Crippen LogP contribution in [0.1, 0.15) is 29.6 Å². The van der Waals surface area contributed by atoms with Crippen molar-refractivity contribution in [2.45, 2.75) is 19.3 Å². The number of hydrogen-bond acceptors (Lipinski definition) is 5. The van der Waals surface area contributed by atoms with E-state index in [4.69, 9.17) is 10.5 Å². The number of nitrogens with two attached hydrogens (primary N) is 1. The lowest BCUT2D eigenvalue weighted by Crippen LogP contribution is -2.33. The number of imide groups is 1. The van der Waals surface area contributed by atoms with Crippen LogP contribution in [-0.4, -0.2) is 18.6 Å². The standard InChI is InChI=1S/C11H14N2O3S/c12-9-8(4-5-17-9)10(14)13-11(15)16-6-7-2-1-3-7/h4-5,7H,1-3,6,12H2,(H,13,14,15). The maximum atomic E-state index is 11.6. The highest BCUT2D eigenvalue weighted by Gasteiger charge is 2.20. The second kappa shape index (κ2) is 5.18. The van der Waals surface area contributed by atoms with E-state index in [0.29, 0.717) is 23.1 Å². The number of rotatable bonds is 3. The molecule has 1 saturated carbocycles. The van der Waals surface area contributed by atoms with Crippen molar-refractivity contribution >= 4 is 28.3 Å². The Kier molecular flexibility index (Phi) is 3.63. The number of hydrogen-bond donors (Lipinski definition) is 2. The Morgan fingerprint density at radius 3 is 2.82 bits per heavy atom. The maximum absolute atomic E-state index is 11.6. The molecule has 0 spiro atoms. The van der Waals surface area contributed by atoms with Gasteiger partial charge in [-0.2, -0.15) is 0 Å². The molecule has 1 aromatic rings. The molecule has 0 bridgehead atoms. The van der Waals surface area contributed by atoms with E-state index < -0.39 is 12.0 Å². The zero-order valence-electron chi connectivity index (χ0n) is 9.27. The lowest BCUT2D eigenvalue weighted by Gasteiger charge is -2.24. The number of nitrogens with one attached hydrogen (secondary N) is 1. The fourth-order valence-electron chi connectivity index (χ4n) is 1.56. The van der Waals surface area contributed by atoms with Gasteiger partial charge in [0.15, 0.2) is 0 Å². The smallest absolute Gasteiger partial charge is 0.414 e. The van der Waals surface area contributed by atoms with E-state index in [2.05, 4.69) is 5.32 Å². The highest BCUT2D eigenvalue weighted by Crippen LogP contribution is 2.26. The monoisotopic (exact) mass is 254 g/mol. The molecule has 2 amide bonds. The Balaban J connectivity index is 1.78. The summed E-state index contributed by atoms with van der Waals surface area (Å²) in [7, 11) is 0. The molecular weight excluding hydrogens is 240 g/mol. The summed E-state index contributed by atoms with van der Waals surface area (Å²) in [6, 6.07) is 1.58. The summed E-state index contributed by atoms with van der Waals surface area (Å²) < 4.78 is 4.95. The van der Waals surface area contributed by atoms with Crippen LogP contribution in [0.2, 0.25) is 0 Å². The van der Waals surface area contributed by atoms with E-state index in [9.17, 15) is 9.59 Å². The van der Waals surface area contributed by atoms with Crippen molar-refractivity contribution in [2.75, 3.05) is 12.3 Å². The van der Waals surface area contributed by atoms with Crippen LogP contribution in [-0.2, 0) is 4.74 Å². The van der Waals surface area contributed by atoms with Crippen LogP contribution in [0.5, 0.6) is 0 Å². The predicted octanol–water partition coefficient (Wildman–Crippen LogP) is 2.00. The van der Waals surface area contributed by atoms with Crippen molar-refractivity contribution in [1.29, 1.82) is 0 Å². The molecule has 6 heteroatoms. The highest BCUT2D eigenvalue weighted by molar-refractivity contribution is 7.14. The van der Waals surface area contributed by atoms with Crippen molar-refractivity contribution in [1.82, 2.24) is 5.32 Å². The summed E-state index contributed by atoms with van der Waals surface area (Å²) in [6.45, 7) is 0.387. The molecule has 0 radical (unpaired) electrons. The topological polar surface area (TPSA) is 81.4 Å². The van der Waals surface area contributed by atoms with Gasteiger partial charge in [-0.1, -0.05) is 6.42 Å². The van der Waals surface area contributed by atoms with Gasteiger partial charge in [0.05, 0.1) is 17.2 Å². The quantitative estimate of drug-likeness (QED) is 0.864. The largest absolute Gasteiger partial charge is 0.449 e. The van der Waals surface area contributed by atoms with E-state index in [1.54, 1.807) is 11.4 Å². The minimum Gasteiger partial charge on any atom is -0.449 e. The first-order valence-electron chi connectivity index (χ1n) is 5.48. The number of thiophene rings is 1. The zero-order chi connectivity index (χ0) is 12.3. The Hall–Kier alpha value is -1.56. The molecule has 0 unspecified atom stereocenters. The van der Waals surface area contributed by atoms with Crippen LogP contribution in [0.25, 0.3) is 0 Å². The lowest BCUT2D eigenvalue weighted by molar-refractivity contribution is 0.0853. The van der Waals surface area contributed by atoms with Gasteiger partial charge in [-0.15, -0.1) is 11.3 Å². The van der Waals surface area contributed by atoms with Crippen molar-refractivity contribution in [2.24, 2.45) is 5.92 Å². The van der Waals surface area contributed by atoms with Gasteiger partial charge in [0.2, 0.25) is 0 Å². The minimum absolute atomic E-state index is 0.315. The molecule has 5 nitrogen and oxygen atoms in total. The molecule has 0 aliphatic heterocycles. The van der Waals surface area contributed by atoms with E-state index in [1.165, 1.54) is 17.8 Å². The van der Waals surface area contributed by atoms with E-state index >= 15 is 0 Å². The second-order valence-corrected chi connectivity index (χ2v) is 5.00. The summed E-state index contributed by atoms with van der Waals surface area (Å²) in [4.78, 5) is 22.9. The minimum atomic E-state index is -0.701. The molecule has 92 valence electrons.